The number of benzene rings is 1. The first-order valence-corrected chi connectivity index (χ1v) is 10.2. The van der Waals surface area contributed by atoms with Crippen LogP contribution in [0.15, 0.2) is 55.1 Å². The van der Waals surface area contributed by atoms with Gasteiger partial charge in [-0.05, 0) is 36.4 Å². The van der Waals surface area contributed by atoms with Crippen molar-refractivity contribution in [1.82, 2.24) is 29.4 Å². The van der Waals surface area contributed by atoms with Crippen molar-refractivity contribution in [3.8, 4) is 11.3 Å². The molecule has 162 valence electrons. The minimum Gasteiger partial charge on any atom is -0.465 e. The molecule has 0 unspecified atom stereocenters. The molecule has 4 heterocycles. The van der Waals surface area contributed by atoms with Crippen molar-refractivity contribution in [2.75, 3.05) is 31.1 Å². The lowest BCUT2D eigenvalue weighted by Gasteiger charge is -2.34. The number of carboxylic acid groups (broad SMARTS) is 1. The van der Waals surface area contributed by atoms with E-state index >= 15 is 0 Å². The Morgan fingerprint density at radius 2 is 1.78 bits per heavy atom. The molecule has 0 atom stereocenters. The van der Waals surface area contributed by atoms with E-state index < -0.39 is 6.09 Å². The highest BCUT2D eigenvalue weighted by Gasteiger charge is 2.24. The predicted octanol–water partition coefficient (Wildman–Crippen LogP) is 2.88. The lowest BCUT2D eigenvalue weighted by atomic mass is 10.1. The second kappa shape index (κ2) is 8.22. The van der Waals surface area contributed by atoms with E-state index in [4.69, 9.17) is 9.97 Å². The molecule has 1 N–H and O–H groups in total. The number of nitrogens with zero attached hydrogens (tertiary/aromatic N) is 7. The summed E-state index contributed by atoms with van der Waals surface area (Å²) in [5, 5.41) is 9.27. The molecule has 0 saturated carbocycles. The minimum atomic E-state index is -0.922. The largest absolute Gasteiger partial charge is 0.465 e. The molecular weight excluding hydrogens is 413 g/mol. The van der Waals surface area contributed by atoms with Gasteiger partial charge in [0.25, 0.3) is 0 Å². The van der Waals surface area contributed by atoms with Gasteiger partial charge in [0.05, 0.1) is 24.1 Å². The molecule has 9 nitrogen and oxygen atoms in total. The molecule has 1 aliphatic rings. The zero-order valence-electron chi connectivity index (χ0n) is 17.1. The number of hydrogen-bond acceptors (Lipinski definition) is 6. The highest BCUT2D eigenvalue weighted by molar-refractivity contribution is 5.88. The van der Waals surface area contributed by atoms with Crippen LogP contribution in [0.4, 0.5) is 15.0 Å². The Morgan fingerprint density at radius 1 is 1.00 bits per heavy atom. The van der Waals surface area contributed by atoms with Gasteiger partial charge in [0.2, 0.25) is 0 Å². The number of halogens is 1. The first-order chi connectivity index (χ1) is 15.6. The van der Waals surface area contributed by atoms with Crippen LogP contribution < -0.4 is 4.90 Å². The summed E-state index contributed by atoms with van der Waals surface area (Å²) in [6.07, 6.45) is 4.32. The van der Waals surface area contributed by atoms with E-state index in [1.807, 2.05) is 27.8 Å². The van der Waals surface area contributed by atoms with E-state index in [9.17, 15) is 14.3 Å². The van der Waals surface area contributed by atoms with Crippen LogP contribution in [0.2, 0.25) is 0 Å². The van der Waals surface area contributed by atoms with Gasteiger partial charge in [-0.15, -0.1) is 0 Å². The molecule has 1 aliphatic heterocycles. The average molecular weight is 433 g/mol. The third-order valence-corrected chi connectivity index (χ3v) is 5.44. The van der Waals surface area contributed by atoms with Crippen molar-refractivity contribution < 1.29 is 14.3 Å². The summed E-state index contributed by atoms with van der Waals surface area (Å²) in [7, 11) is 0. The molecular formula is C22H20FN7O2. The molecule has 0 aliphatic carbocycles. The number of piperazine rings is 1. The summed E-state index contributed by atoms with van der Waals surface area (Å²) in [5.74, 6) is 0.973. The number of amides is 1. The fourth-order valence-electron chi connectivity index (χ4n) is 3.77. The third-order valence-electron chi connectivity index (χ3n) is 5.44. The van der Waals surface area contributed by atoms with Crippen molar-refractivity contribution in [2.45, 2.75) is 6.54 Å². The summed E-state index contributed by atoms with van der Waals surface area (Å²) < 4.78 is 15.2. The van der Waals surface area contributed by atoms with Crippen molar-refractivity contribution in [3.05, 3.63) is 66.8 Å². The maximum absolute atomic E-state index is 13.4. The van der Waals surface area contributed by atoms with Gasteiger partial charge in [-0.3, -0.25) is 0 Å². The number of aromatic nitrogens is 5. The molecule has 4 aromatic rings. The van der Waals surface area contributed by atoms with Crippen LogP contribution in [0.25, 0.3) is 22.3 Å². The van der Waals surface area contributed by atoms with E-state index in [2.05, 4.69) is 9.97 Å². The molecule has 1 fully saturated rings. The van der Waals surface area contributed by atoms with Crippen molar-refractivity contribution in [2.24, 2.45) is 0 Å². The van der Waals surface area contributed by atoms with Gasteiger partial charge in [-0.1, -0.05) is 0 Å². The van der Waals surface area contributed by atoms with Crippen LogP contribution in [-0.4, -0.2) is 66.8 Å². The second-order valence-corrected chi connectivity index (χ2v) is 7.53. The molecule has 1 saturated heterocycles. The smallest absolute Gasteiger partial charge is 0.407 e. The second-order valence-electron chi connectivity index (χ2n) is 7.53. The number of fused-ring (bicyclic) bond motifs is 1. The Kier molecular flexibility index (Phi) is 5.10. The maximum Gasteiger partial charge on any atom is 0.407 e. The lowest BCUT2D eigenvalue weighted by Crippen LogP contribution is -2.48. The molecule has 1 aromatic carbocycles. The Hall–Kier alpha value is -4.08. The van der Waals surface area contributed by atoms with Crippen LogP contribution in [0, 0.1) is 5.82 Å². The first kappa shape index (κ1) is 19.9. The molecule has 1 amide bonds. The van der Waals surface area contributed by atoms with Crippen molar-refractivity contribution >= 4 is 22.9 Å². The van der Waals surface area contributed by atoms with E-state index in [-0.39, 0.29) is 5.82 Å². The quantitative estimate of drug-likeness (QED) is 0.528. The van der Waals surface area contributed by atoms with Gasteiger partial charge < -0.3 is 19.5 Å². The standard InChI is InChI=1S/C22H20FN7O2/c23-16-3-1-15(2-4-16)17-5-6-18-20(26-17)21(29-9-11-30(12-10-29)22(31)32)27-19(25-18)13-28-8-7-24-14-28/h1-8,14H,9-13H2,(H,31,32). The Bertz CT molecular complexity index is 1250. The zero-order chi connectivity index (χ0) is 22.1. The number of carbonyl (C=O) groups is 1. The summed E-state index contributed by atoms with van der Waals surface area (Å²) in [5.41, 5.74) is 2.80. The summed E-state index contributed by atoms with van der Waals surface area (Å²) in [6, 6.07) is 9.91. The SMILES string of the molecule is O=C(O)N1CCN(c2nc(Cn3ccnc3)nc3ccc(-c4ccc(F)cc4)nc23)CC1. The van der Waals surface area contributed by atoms with E-state index in [0.29, 0.717) is 61.1 Å². The zero-order valence-corrected chi connectivity index (χ0v) is 17.1. The topological polar surface area (TPSA) is 100 Å². The minimum absolute atomic E-state index is 0.306. The van der Waals surface area contributed by atoms with Crippen LogP contribution in [0.3, 0.4) is 0 Å². The monoisotopic (exact) mass is 433 g/mol. The highest BCUT2D eigenvalue weighted by Crippen LogP contribution is 2.27. The molecule has 0 spiro atoms. The van der Waals surface area contributed by atoms with Crippen LogP contribution in [-0.2, 0) is 6.54 Å². The van der Waals surface area contributed by atoms with Gasteiger partial charge in [0.1, 0.15) is 11.3 Å². The number of anilines is 1. The average Bonchev–Trinajstić information content (AvgIpc) is 3.32. The maximum atomic E-state index is 13.4. The number of pyridine rings is 1. The van der Waals surface area contributed by atoms with Crippen LogP contribution in [0.1, 0.15) is 5.82 Å². The van der Waals surface area contributed by atoms with E-state index in [0.717, 1.165) is 5.56 Å². The van der Waals surface area contributed by atoms with Crippen molar-refractivity contribution in [3.63, 3.8) is 0 Å². The van der Waals surface area contributed by atoms with E-state index in [1.165, 1.54) is 17.0 Å². The Morgan fingerprint density at radius 3 is 2.47 bits per heavy atom. The van der Waals surface area contributed by atoms with E-state index in [1.54, 1.807) is 24.7 Å². The molecule has 32 heavy (non-hydrogen) atoms. The third kappa shape index (κ3) is 3.94. The highest BCUT2D eigenvalue weighted by atomic mass is 19.1. The predicted molar refractivity (Wildman–Crippen MR) is 116 cm³/mol. The normalized spacial score (nSPS) is 14.2. The number of hydrogen-bond donors (Lipinski definition) is 1. The van der Waals surface area contributed by atoms with Crippen LogP contribution in [0.5, 0.6) is 0 Å². The molecule has 0 radical (unpaired) electrons. The molecule has 5 rings (SSSR count). The molecule has 3 aromatic heterocycles. The fraction of sp³-hybridized carbons (Fsp3) is 0.227. The van der Waals surface area contributed by atoms with Gasteiger partial charge in [0.15, 0.2) is 11.6 Å². The molecule has 0 bridgehead atoms. The number of rotatable bonds is 4. The number of imidazole rings is 1. The van der Waals surface area contributed by atoms with Gasteiger partial charge >= 0.3 is 6.09 Å². The summed E-state index contributed by atoms with van der Waals surface area (Å²) >= 11 is 0. The van der Waals surface area contributed by atoms with Crippen molar-refractivity contribution in [1.29, 1.82) is 0 Å². The molecule has 10 heteroatoms. The summed E-state index contributed by atoms with van der Waals surface area (Å²) in [4.78, 5) is 33.1. The summed E-state index contributed by atoms with van der Waals surface area (Å²) in [6.45, 7) is 2.24. The van der Waals surface area contributed by atoms with Gasteiger partial charge in [-0.25, -0.2) is 29.1 Å². The van der Waals surface area contributed by atoms with Crippen LogP contribution >= 0.6 is 0 Å². The lowest BCUT2D eigenvalue weighted by molar-refractivity contribution is 0.142. The Labute approximate surface area is 182 Å². The fourth-order valence-corrected chi connectivity index (χ4v) is 3.77. The first-order valence-electron chi connectivity index (χ1n) is 10.2. The van der Waals surface area contributed by atoms with Gasteiger partial charge in [-0.2, -0.15) is 0 Å². The Balaban J connectivity index is 1.57. The van der Waals surface area contributed by atoms with Gasteiger partial charge in [0, 0.05) is 44.1 Å².